The van der Waals surface area contributed by atoms with Gasteiger partial charge < -0.3 is 19.4 Å². The number of thiazole rings is 1. The van der Waals surface area contributed by atoms with Gasteiger partial charge in [-0.25, -0.2) is 4.98 Å². The highest BCUT2D eigenvalue weighted by molar-refractivity contribution is 7.13. The largest absolute Gasteiger partial charge is 0.497 e. The van der Waals surface area contributed by atoms with Crippen molar-refractivity contribution in [1.82, 2.24) is 14.8 Å². The lowest BCUT2D eigenvalue weighted by atomic mass is 10.1. The van der Waals surface area contributed by atoms with Crippen LogP contribution in [0.3, 0.4) is 0 Å². The molecule has 35 heavy (non-hydrogen) atoms. The highest BCUT2D eigenvalue weighted by Gasteiger charge is 2.18. The van der Waals surface area contributed by atoms with Crippen LogP contribution in [-0.4, -0.2) is 68.2 Å². The van der Waals surface area contributed by atoms with E-state index in [1.807, 2.05) is 6.07 Å². The molecule has 3 heterocycles. The number of rotatable bonds is 9. The van der Waals surface area contributed by atoms with E-state index in [1.54, 1.807) is 18.4 Å². The van der Waals surface area contributed by atoms with Gasteiger partial charge in [0.1, 0.15) is 5.75 Å². The Hall–Kier alpha value is -2.61. The minimum atomic E-state index is 0.798. The maximum Gasteiger partial charge on any atom is 0.186 e. The Bertz CT molecular complexity index is 1090. The van der Waals surface area contributed by atoms with E-state index in [0.29, 0.717) is 0 Å². The maximum atomic E-state index is 5.48. The predicted octanol–water partition coefficient (Wildman–Crippen LogP) is 4.71. The molecule has 0 unspecified atom stereocenters. The minimum Gasteiger partial charge on any atom is -0.497 e. The number of hydrogen-bond donors (Lipinski definition) is 0. The summed E-state index contributed by atoms with van der Waals surface area (Å²) in [5, 5.41) is 3.33. The molecule has 2 aliphatic rings. The van der Waals surface area contributed by atoms with Gasteiger partial charge in [0.15, 0.2) is 5.13 Å². The highest BCUT2D eigenvalue weighted by atomic mass is 32.1. The first-order valence-electron chi connectivity index (χ1n) is 12.7. The van der Waals surface area contributed by atoms with Crippen LogP contribution in [0.2, 0.25) is 0 Å². The fourth-order valence-electron chi connectivity index (χ4n) is 4.98. The average Bonchev–Trinajstić information content (AvgIpc) is 3.58. The molecule has 0 N–H and O–H groups in total. The molecule has 0 radical (unpaired) electrons. The quantitative estimate of drug-likeness (QED) is 0.432. The van der Waals surface area contributed by atoms with Crippen LogP contribution in [0.4, 0.5) is 10.8 Å². The van der Waals surface area contributed by atoms with Crippen molar-refractivity contribution in [3.63, 3.8) is 0 Å². The van der Waals surface area contributed by atoms with Crippen molar-refractivity contribution in [1.29, 1.82) is 0 Å². The number of hydrogen-bond acceptors (Lipinski definition) is 7. The van der Waals surface area contributed by atoms with Crippen molar-refractivity contribution in [3.8, 4) is 5.75 Å². The molecule has 7 heteroatoms. The predicted molar refractivity (Wildman–Crippen MR) is 146 cm³/mol. The second-order valence-corrected chi connectivity index (χ2v) is 10.6. The van der Waals surface area contributed by atoms with Gasteiger partial charge in [0, 0.05) is 70.0 Å². The number of aromatic nitrogens is 1. The normalized spacial score (nSPS) is 17.1. The van der Waals surface area contributed by atoms with Crippen molar-refractivity contribution in [3.05, 3.63) is 70.7 Å². The molecule has 186 valence electrons. The first-order chi connectivity index (χ1) is 17.2. The Labute approximate surface area is 213 Å². The van der Waals surface area contributed by atoms with Crippen LogP contribution in [0.1, 0.15) is 29.7 Å². The van der Waals surface area contributed by atoms with Crippen LogP contribution in [0, 0.1) is 0 Å². The smallest absolute Gasteiger partial charge is 0.186 e. The summed E-state index contributed by atoms with van der Waals surface area (Å²) in [7, 11) is 3.93. The number of likely N-dealkylation sites (N-methyl/N-ethyl adjacent to an activating group) is 1. The Balaban J connectivity index is 1.35. The molecule has 0 aliphatic carbocycles. The monoisotopic (exact) mass is 491 g/mol. The molecular formula is C28H37N5OS. The van der Waals surface area contributed by atoms with Gasteiger partial charge in [0.25, 0.3) is 0 Å². The van der Waals surface area contributed by atoms with Crippen LogP contribution in [0.25, 0.3) is 0 Å². The summed E-state index contributed by atoms with van der Waals surface area (Å²) in [5.74, 6) is 0.897. The number of piperazine rings is 1. The molecule has 3 aromatic rings. The molecule has 5 rings (SSSR count). The standard InChI is InChI=1S/C28H37N5OS/c1-30-13-15-31(16-14-30)21-25-22-35-28(29-25)33(20-24-8-6-10-27(18-24)34-2)19-23-7-5-9-26(17-23)32-11-3-4-12-32/h5-10,17-18,22H,3-4,11-16,19-21H2,1-2H3. The summed E-state index contributed by atoms with van der Waals surface area (Å²) >= 11 is 1.76. The van der Waals surface area contributed by atoms with Crippen LogP contribution in [0.15, 0.2) is 53.9 Å². The van der Waals surface area contributed by atoms with Gasteiger partial charge in [-0.1, -0.05) is 24.3 Å². The van der Waals surface area contributed by atoms with Crippen LogP contribution in [0.5, 0.6) is 5.75 Å². The first-order valence-corrected chi connectivity index (χ1v) is 13.6. The molecule has 0 spiro atoms. The second-order valence-electron chi connectivity index (χ2n) is 9.77. The van der Waals surface area contributed by atoms with Crippen LogP contribution < -0.4 is 14.5 Å². The molecule has 0 saturated carbocycles. The summed E-state index contributed by atoms with van der Waals surface area (Å²) < 4.78 is 5.48. The van der Waals surface area contributed by atoms with E-state index in [2.05, 4.69) is 74.5 Å². The fraction of sp³-hybridized carbons (Fsp3) is 0.464. The minimum absolute atomic E-state index is 0.798. The third-order valence-electron chi connectivity index (χ3n) is 7.05. The van der Waals surface area contributed by atoms with Gasteiger partial charge in [0.05, 0.1) is 12.8 Å². The van der Waals surface area contributed by atoms with Crippen molar-refractivity contribution < 1.29 is 4.74 Å². The van der Waals surface area contributed by atoms with Crippen molar-refractivity contribution in [2.75, 3.05) is 63.2 Å². The van der Waals surface area contributed by atoms with E-state index in [9.17, 15) is 0 Å². The van der Waals surface area contributed by atoms with Gasteiger partial charge in [-0.15, -0.1) is 11.3 Å². The highest BCUT2D eigenvalue weighted by Crippen LogP contribution is 2.28. The number of ether oxygens (including phenoxy) is 1. The molecule has 2 aromatic carbocycles. The van der Waals surface area contributed by atoms with E-state index in [4.69, 9.17) is 9.72 Å². The molecule has 0 amide bonds. The Kier molecular flexibility index (Phi) is 7.86. The lowest BCUT2D eigenvalue weighted by Gasteiger charge is -2.31. The Morgan fingerprint density at radius 2 is 1.63 bits per heavy atom. The van der Waals surface area contributed by atoms with Gasteiger partial charge in [0.2, 0.25) is 0 Å². The third-order valence-corrected chi connectivity index (χ3v) is 8.00. The summed E-state index contributed by atoms with van der Waals surface area (Å²) in [5.41, 5.74) is 5.08. The fourth-order valence-corrected chi connectivity index (χ4v) is 5.80. The zero-order valence-electron chi connectivity index (χ0n) is 21.0. The van der Waals surface area contributed by atoms with Crippen molar-refractivity contribution in [2.45, 2.75) is 32.5 Å². The number of benzene rings is 2. The van der Waals surface area contributed by atoms with E-state index in [1.165, 1.54) is 48.4 Å². The number of nitrogens with zero attached hydrogens (tertiary/aromatic N) is 5. The molecule has 2 saturated heterocycles. The maximum absolute atomic E-state index is 5.48. The average molecular weight is 492 g/mol. The molecule has 0 bridgehead atoms. The Morgan fingerprint density at radius 3 is 2.37 bits per heavy atom. The number of anilines is 2. The number of methoxy groups -OCH3 is 1. The molecule has 2 aliphatic heterocycles. The van der Waals surface area contributed by atoms with E-state index >= 15 is 0 Å². The van der Waals surface area contributed by atoms with Gasteiger partial charge in [-0.3, -0.25) is 4.90 Å². The zero-order chi connectivity index (χ0) is 24.0. The SMILES string of the molecule is COc1cccc(CN(Cc2cccc(N3CCCC3)c2)c2nc(CN3CCN(C)CC3)cs2)c1. The Morgan fingerprint density at radius 1 is 0.914 bits per heavy atom. The van der Waals surface area contributed by atoms with E-state index in [0.717, 1.165) is 56.7 Å². The molecule has 6 nitrogen and oxygen atoms in total. The second kappa shape index (κ2) is 11.4. The van der Waals surface area contributed by atoms with E-state index < -0.39 is 0 Å². The van der Waals surface area contributed by atoms with Gasteiger partial charge >= 0.3 is 0 Å². The summed E-state index contributed by atoms with van der Waals surface area (Å²) in [6.45, 7) is 9.38. The third kappa shape index (κ3) is 6.34. The summed E-state index contributed by atoms with van der Waals surface area (Å²) in [6, 6.07) is 17.4. The first kappa shape index (κ1) is 24.1. The van der Waals surface area contributed by atoms with E-state index in [-0.39, 0.29) is 0 Å². The zero-order valence-corrected chi connectivity index (χ0v) is 21.8. The molecule has 1 aromatic heterocycles. The molecular weight excluding hydrogens is 454 g/mol. The van der Waals surface area contributed by atoms with Crippen LogP contribution >= 0.6 is 11.3 Å². The lowest BCUT2D eigenvalue weighted by molar-refractivity contribution is 0.147. The van der Waals surface area contributed by atoms with Crippen molar-refractivity contribution in [2.24, 2.45) is 0 Å². The van der Waals surface area contributed by atoms with Gasteiger partial charge in [-0.2, -0.15) is 0 Å². The molecule has 0 atom stereocenters. The summed E-state index contributed by atoms with van der Waals surface area (Å²) in [4.78, 5) is 14.9. The lowest BCUT2D eigenvalue weighted by Crippen LogP contribution is -2.43. The molecule has 2 fully saturated rings. The summed E-state index contributed by atoms with van der Waals surface area (Å²) in [6.07, 6.45) is 2.59. The van der Waals surface area contributed by atoms with Crippen LogP contribution in [-0.2, 0) is 19.6 Å². The van der Waals surface area contributed by atoms with Gasteiger partial charge in [-0.05, 0) is 55.3 Å². The van der Waals surface area contributed by atoms with Crippen molar-refractivity contribution >= 4 is 22.2 Å². The topological polar surface area (TPSA) is 35.1 Å².